The summed E-state index contributed by atoms with van der Waals surface area (Å²) in [6.07, 6.45) is 0.678. The number of hydrogen-bond acceptors (Lipinski definition) is 3. The largest absolute Gasteiger partial charge is 0.319 e. The maximum atomic E-state index is 14.2. The summed E-state index contributed by atoms with van der Waals surface area (Å²) in [6.45, 7) is 4.23. The van der Waals surface area contributed by atoms with Gasteiger partial charge in [-0.05, 0) is 54.8 Å². The molecule has 0 aliphatic rings. The lowest BCUT2D eigenvalue weighted by atomic mass is 10.1. The highest BCUT2D eigenvalue weighted by Gasteiger charge is 2.17. The first-order chi connectivity index (χ1) is 12.2. The van der Waals surface area contributed by atoms with E-state index < -0.39 is 21.7 Å². The average molecular weight is 399 g/mol. The van der Waals surface area contributed by atoms with Crippen molar-refractivity contribution in [2.45, 2.75) is 25.2 Å². The molecule has 0 bridgehead atoms. The highest BCUT2D eigenvalue weighted by Crippen LogP contribution is 2.20. The number of rotatable bonds is 7. The minimum absolute atomic E-state index is 0.105. The molecular weight excluding hydrogens is 379 g/mol. The molecule has 0 aromatic heterocycles. The van der Waals surface area contributed by atoms with Crippen LogP contribution in [0.1, 0.15) is 30.6 Å². The van der Waals surface area contributed by atoms with E-state index in [1.54, 1.807) is 12.1 Å². The van der Waals surface area contributed by atoms with Gasteiger partial charge in [-0.15, -0.1) is 0 Å². The van der Waals surface area contributed by atoms with Gasteiger partial charge in [0.25, 0.3) is 5.91 Å². The Morgan fingerprint density at radius 3 is 2.38 bits per heavy atom. The Balaban J connectivity index is 2.11. The Morgan fingerprint density at radius 1 is 1.15 bits per heavy atom. The normalized spacial score (nSPS) is 11.6. The zero-order valence-electron chi connectivity index (χ0n) is 14.4. The van der Waals surface area contributed by atoms with Gasteiger partial charge in [0.05, 0.1) is 10.6 Å². The van der Waals surface area contributed by atoms with E-state index in [0.717, 1.165) is 6.07 Å². The van der Waals surface area contributed by atoms with Crippen LogP contribution in [0.15, 0.2) is 47.4 Å². The topological polar surface area (TPSA) is 75.3 Å². The smallest absolute Gasteiger partial charge is 0.255 e. The van der Waals surface area contributed by atoms with Gasteiger partial charge in [0, 0.05) is 17.1 Å². The summed E-state index contributed by atoms with van der Waals surface area (Å²) in [4.78, 5) is 11.9. The molecule has 0 fully saturated rings. The average Bonchev–Trinajstić information content (AvgIpc) is 2.56. The van der Waals surface area contributed by atoms with Gasteiger partial charge in [0.1, 0.15) is 5.82 Å². The predicted molar refractivity (Wildman–Crippen MR) is 100 cm³/mol. The molecule has 0 saturated carbocycles. The van der Waals surface area contributed by atoms with Gasteiger partial charge in [-0.3, -0.25) is 4.79 Å². The molecule has 0 spiro atoms. The second-order valence-corrected chi connectivity index (χ2v) is 8.39. The zero-order valence-corrected chi connectivity index (χ0v) is 16.0. The standard InChI is InChI=1S/C18H20ClFN2O3S/c1-12(2)9-10-21-26(24,25)15-7-8-17(16(20)11-15)22-18(23)13-3-5-14(19)6-4-13/h3-8,11-12,21H,9-10H2,1-2H3,(H,22,23). The fourth-order valence-electron chi connectivity index (χ4n) is 2.13. The van der Waals surface area contributed by atoms with E-state index in [1.165, 1.54) is 24.3 Å². The number of amides is 1. The van der Waals surface area contributed by atoms with Crippen molar-refractivity contribution in [2.24, 2.45) is 5.92 Å². The van der Waals surface area contributed by atoms with Crippen LogP contribution in [0.5, 0.6) is 0 Å². The second kappa shape index (κ2) is 8.62. The van der Waals surface area contributed by atoms with Crippen molar-refractivity contribution in [3.8, 4) is 0 Å². The summed E-state index contributed by atoms with van der Waals surface area (Å²) in [5.74, 6) is -1.01. The van der Waals surface area contributed by atoms with Gasteiger partial charge < -0.3 is 5.32 Å². The third-order valence-corrected chi connectivity index (χ3v) is 5.33. The van der Waals surface area contributed by atoms with Crippen LogP contribution in [0, 0.1) is 11.7 Å². The van der Waals surface area contributed by atoms with E-state index in [4.69, 9.17) is 11.6 Å². The molecule has 2 N–H and O–H groups in total. The summed E-state index contributed by atoms with van der Waals surface area (Å²) < 4.78 is 41.0. The molecule has 26 heavy (non-hydrogen) atoms. The molecule has 5 nitrogen and oxygen atoms in total. The predicted octanol–water partition coefficient (Wildman–Crippen LogP) is 4.06. The van der Waals surface area contributed by atoms with Gasteiger partial charge in [-0.2, -0.15) is 0 Å². The van der Waals surface area contributed by atoms with E-state index >= 15 is 0 Å². The van der Waals surface area contributed by atoms with E-state index in [0.29, 0.717) is 22.9 Å². The van der Waals surface area contributed by atoms with Gasteiger partial charge >= 0.3 is 0 Å². The third-order valence-electron chi connectivity index (χ3n) is 3.62. The molecule has 8 heteroatoms. The third kappa shape index (κ3) is 5.52. The second-order valence-electron chi connectivity index (χ2n) is 6.18. The fraction of sp³-hybridized carbons (Fsp3) is 0.278. The molecule has 2 aromatic carbocycles. The lowest BCUT2D eigenvalue weighted by Gasteiger charge is -2.11. The molecule has 0 unspecified atom stereocenters. The highest BCUT2D eigenvalue weighted by molar-refractivity contribution is 7.89. The van der Waals surface area contributed by atoms with Crippen molar-refractivity contribution in [2.75, 3.05) is 11.9 Å². The summed E-state index contributed by atoms with van der Waals surface area (Å²) in [7, 11) is -3.80. The molecule has 0 aliphatic carbocycles. The Morgan fingerprint density at radius 2 is 1.81 bits per heavy atom. The van der Waals surface area contributed by atoms with Crippen LogP contribution in [0.4, 0.5) is 10.1 Å². The van der Waals surface area contributed by atoms with Crippen molar-refractivity contribution >= 4 is 33.2 Å². The Labute approximate surface area is 157 Å². The van der Waals surface area contributed by atoms with Gasteiger partial charge in [-0.1, -0.05) is 25.4 Å². The maximum absolute atomic E-state index is 14.2. The van der Waals surface area contributed by atoms with Crippen molar-refractivity contribution in [3.63, 3.8) is 0 Å². The molecule has 2 aromatic rings. The van der Waals surface area contributed by atoms with E-state index in [9.17, 15) is 17.6 Å². The van der Waals surface area contributed by atoms with Gasteiger partial charge in [0.15, 0.2) is 0 Å². The van der Waals surface area contributed by atoms with E-state index in [-0.39, 0.29) is 17.1 Å². The summed E-state index contributed by atoms with van der Waals surface area (Å²) in [5, 5.41) is 2.89. The molecule has 0 radical (unpaired) electrons. The van der Waals surface area contributed by atoms with Crippen molar-refractivity contribution in [3.05, 3.63) is 58.9 Å². The Bertz CT molecular complexity index is 884. The number of hydrogen-bond donors (Lipinski definition) is 2. The number of nitrogens with one attached hydrogen (secondary N) is 2. The molecule has 2 rings (SSSR count). The van der Waals surface area contributed by atoms with Crippen LogP contribution >= 0.6 is 11.6 Å². The first-order valence-corrected chi connectivity index (χ1v) is 9.91. The summed E-state index contributed by atoms with van der Waals surface area (Å²) in [5.41, 5.74) is 0.201. The van der Waals surface area contributed by atoms with Gasteiger partial charge in [-0.25, -0.2) is 17.5 Å². The monoisotopic (exact) mass is 398 g/mol. The van der Waals surface area contributed by atoms with E-state index in [2.05, 4.69) is 10.0 Å². The lowest BCUT2D eigenvalue weighted by Crippen LogP contribution is -2.25. The van der Waals surface area contributed by atoms with Crippen LogP contribution in [-0.2, 0) is 10.0 Å². The Kier molecular flexibility index (Phi) is 6.75. The molecule has 0 aliphatic heterocycles. The summed E-state index contributed by atoms with van der Waals surface area (Å²) >= 11 is 5.76. The fourth-order valence-corrected chi connectivity index (χ4v) is 3.31. The SMILES string of the molecule is CC(C)CCNS(=O)(=O)c1ccc(NC(=O)c2ccc(Cl)cc2)c(F)c1. The minimum atomic E-state index is -3.80. The molecule has 1 amide bonds. The maximum Gasteiger partial charge on any atom is 0.255 e. The number of benzene rings is 2. The Hall–Kier alpha value is -1.96. The number of halogens is 2. The molecule has 140 valence electrons. The number of carbonyl (C=O) groups excluding carboxylic acids is 1. The zero-order chi connectivity index (χ0) is 19.3. The number of carbonyl (C=O) groups is 1. The van der Waals surface area contributed by atoms with Crippen molar-refractivity contribution in [1.29, 1.82) is 0 Å². The summed E-state index contributed by atoms with van der Waals surface area (Å²) in [6, 6.07) is 9.46. The molecule has 0 atom stereocenters. The van der Waals surface area contributed by atoms with Crippen LogP contribution in [0.3, 0.4) is 0 Å². The quantitative estimate of drug-likeness (QED) is 0.738. The number of anilines is 1. The van der Waals surface area contributed by atoms with Crippen LogP contribution in [-0.4, -0.2) is 20.9 Å². The minimum Gasteiger partial charge on any atom is -0.319 e. The van der Waals surface area contributed by atoms with Gasteiger partial charge in [0.2, 0.25) is 10.0 Å². The molecule has 0 heterocycles. The first-order valence-electron chi connectivity index (χ1n) is 8.05. The molecule has 0 saturated heterocycles. The first kappa shape index (κ1) is 20.4. The lowest BCUT2D eigenvalue weighted by molar-refractivity contribution is 0.102. The van der Waals surface area contributed by atoms with Crippen LogP contribution in [0.2, 0.25) is 5.02 Å². The van der Waals surface area contributed by atoms with E-state index in [1.807, 2.05) is 13.8 Å². The highest BCUT2D eigenvalue weighted by atomic mass is 35.5. The van der Waals surface area contributed by atoms with Crippen molar-refractivity contribution in [1.82, 2.24) is 4.72 Å². The van der Waals surface area contributed by atoms with Crippen LogP contribution in [0.25, 0.3) is 0 Å². The molecular formula is C18H20ClFN2O3S. The van der Waals surface area contributed by atoms with Crippen LogP contribution < -0.4 is 10.0 Å². The number of sulfonamides is 1. The van der Waals surface area contributed by atoms with Crippen molar-refractivity contribution < 1.29 is 17.6 Å².